The normalized spacial score (nSPS) is 34.0. The Morgan fingerprint density at radius 2 is 1.21 bits per heavy atom. The SMILES string of the molecule is CC(=O)O[C@@H]1[C@@H](O)[C@@H](O)[C@H](O[C@@H]2[C@@H](OC(C)=O)[C@H](C)O[C@@H](OC[C@H]3O[C@@H](Oc4c(-c5ccc(O)cc5)oc5cc(O)cc(O)c5c4=O)[C@H](O)[C@@H](O)[C@@H]3O)[C@@H]2OC(C)=O)O[C@H]1C. The van der Waals surface area contributed by atoms with Crippen LogP contribution in [0.5, 0.6) is 23.0 Å². The second-order valence-corrected chi connectivity index (χ2v) is 14.7. The first-order chi connectivity index (χ1) is 28.7. The van der Waals surface area contributed by atoms with Gasteiger partial charge in [-0.2, -0.15) is 0 Å². The number of fused-ring (bicyclic) bond motifs is 1. The van der Waals surface area contributed by atoms with Gasteiger partial charge in [-0.05, 0) is 38.1 Å². The number of aliphatic hydroxyl groups excluding tert-OH is 5. The van der Waals surface area contributed by atoms with Gasteiger partial charge in [-0.25, -0.2) is 0 Å². The molecular weight excluding hydrogens is 820 g/mol. The predicted octanol–water partition coefficient (Wildman–Crippen LogP) is -0.828. The molecule has 1 aromatic heterocycles. The lowest BCUT2D eigenvalue weighted by Crippen LogP contribution is -2.65. The number of aromatic hydroxyl groups is 3. The number of aliphatic hydroxyl groups is 5. The highest BCUT2D eigenvalue weighted by molar-refractivity contribution is 5.88. The zero-order valence-electron chi connectivity index (χ0n) is 33.1. The van der Waals surface area contributed by atoms with Gasteiger partial charge in [0.25, 0.3) is 0 Å². The second kappa shape index (κ2) is 18.5. The zero-order valence-corrected chi connectivity index (χ0v) is 33.1. The topological polar surface area (TPSA) is 326 Å². The molecule has 6 rings (SSSR count). The minimum Gasteiger partial charge on any atom is -0.508 e. The standard InChI is InChI=1S/C39H46O22/c1-13-31(55-15(3)40)28(49)30(51)37(53-13)61-35-32(56-16(4)41)14(2)54-39(36(35)57-17(5)42)52-12-23-25(46)27(48)29(50)38(59-23)60-34-26(47)24-21(45)10-20(44)11-22(24)58-33(34)18-6-8-19(43)9-7-18/h6-11,13-14,23,25,27-32,35-39,43-46,48-51H,12H2,1-5H3/t13-,14-,23+,25+,27-,28-,29+,30+,31-,32-,35+,36+,37-,38-,39+/m0/s1. The molecule has 22 heteroatoms. The van der Waals surface area contributed by atoms with E-state index in [2.05, 4.69) is 0 Å². The highest BCUT2D eigenvalue weighted by atomic mass is 16.8. The molecule has 334 valence electrons. The first-order valence-electron chi connectivity index (χ1n) is 18.9. The first-order valence-corrected chi connectivity index (χ1v) is 18.9. The number of hydrogen-bond acceptors (Lipinski definition) is 22. The average molecular weight is 867 g/mol. The Hall–Kier alpha value is -5.14. The molecule has 3 saturated heterocycles. The van der Waals surface area contributed by atoms with Crippen molar-refractivity contribution in [3.05, 3.63) is 46.6 Å². The number of benzene rings is 2. The number of carbonyl (C=O) groups is 3. The Morgan fingerprint density at radius 3 is 1.85 bits per heavy atom. The smallest absolute Gasteiger partial charge is 0.303 e. The van der Waals surface area contributed by atoms with Gasteiger partial charge in [-0.15, -0.1) is 0 Å². The predicted molar refractivity (Wildman–Crippen MR) is 198 cm³/mol. The molecule has 61 heavy (non-hydrogen) atoms. The maximum absolute atomic E-state index is 13.9. The third kappa shape index (κ3) is 9.68. The fourth-order valence-electron chi connectivity index (χ4n) is 7.20. The van der Waals surface area contributed by atoms with Crippen molar-refractivity contribution in [1.82, 2.24) is 0 Å². The molecular formula is C39H46O22. The summed E-state index contributed by atoms with van der Waals surface area (Å²) in [5.41, 5.74) is -1.14. The lowest BCUT2D eigenvalue weighted by molar-refractivity contribution is -0.360. The molecule has 3 aliphatic heterocycles. The van der Waals surface area contributed by atoms with Crippen molar-refractivity contribution < 1.29 is 102 Å². The molecule has 2 aromatic carbocycles. The molecule has 4 heterocycles. The van der Waals surface area contributed by atoms with E-state index in [0.717, 1.165) is 32.9 Å². The molecule has 0 aliphatic carbocycles. The van der Waals surface area contributed by atoms with Crippen LogP contribution >= 0.6 is 0 Å². The van der Waals surface area contributed by atoms with Crippen LogP contribution in [-0.4, -0.2) is 157 Å². The van der Waals surface area contributed by atoms with E-state index in [4.69, 9.17) is 47.0 Å². The Kier molecular flexibility index (Phi) is 13.7. The third-order valence-electron chi connectivity index (χ3n) is 10.1. The molecule has 3 aliphatic rings. The quantitative estimate of drug-likeness (QED) is 0.0861. The van der Waals surface area contributed by atoms with E-state index in [9.17, 15) is 60.0 Å². The highest BCUT2D eigenvalue weighted by Gasteiger charge is 2.54. The molecule has 22 nitrogen and oxygen atoms in total. The fourth-order valence-corrected chi connectivity index (χ4v) is 7.20. The minimum absolute atomic E-state index is 0.142. The average Bonchev–Trinajstić information content (AvgIpc) is 3.18. The maximum atomic E-state index is 13.9. The fraction of sp³-hybridized carbons (Fsp3) is 0.538. The van der Waals surface area contributed by atoms with E-state index in [-0.39, 0.29) is 22.7 Å². The summed E-state index contributed by atoms with van der Waals surface area (Å²) in [6, 6.07) is 7.15. The molecule has 0 bridgehead atoms. The maximum Gasteiger partial charge on any atom is 0.303 e. The van der Waals surface area contributed by atoms with Crippen LogP contribution in [0.4, 0.5) is 0 Å². The van der Waals surface area contributed by atoms with Gasteiger partial charge in [0.2, 0.25) is 17.5 Å². The van der Waals surface area contributed by atoms with Gasteiger partial charge in [-0.3, -0.25) is 19.2 Å². The Bertz CT molecular complexity index is 2120. The lowest BCUT2D eigenvalue weighted by atomic mass is 9.96. The van der Waals surface area contributed by atoms with E-state index in [1.54, 1.807) is 0 Å². The number of esters is 3. The highest BCUT2D eigenvalue weighted by Crippen LogP contribution is 2.38. The summed E-state index contributed by atoms with van der Waals surface area (Å²) in [4.78, 5) is 50.2. The Balaban J connectivity index is 1.28. The van der Waals surface area contributed by atoms with Crippen LogP contribution < -0.4 is 10.2 Å². The molecule has 0 spiro atoms. The van der Waals surface area contributed by atoms with E-state index in [0.29, 0.717) is 0 Å². The van der Waals surface area contributed by atoms with Crippen LogP contribution in [0.25, 0.3) is 22.3 Å². The summed E-state index contributed by atoms with van der Waals surface area (Å²) in [6.07, 6.45) is -24.5. The first kappa shape index (κ1) is 45.4. The van der Waals surface area contributed by atoms with Gasteiger partial charge in [-0.1, -0.05) is 0 Å². The largest absolute Gasteiger partial charge is 0.508 e. The monoisotopic (exact) mass is 866 g/mol. The van der Waals surface area contributed by atoms with E-state index in [1.807, 2.05) is 0 Å². The number of carbonyl (C=O) groups excluding carboxylic acids is 3. The van der Waals surface area contributed by atoms with Gasteiger partial charge in [0.05, 0.1) is 18.8 Å². The molecule has 3 fully saturated rings. The lowest BCUT2D eigenvalue weighted by Gasteiger charge is -2.47. The van der Waals surface area contributed by atoms with E-state index < -0.39 is 145 Å². The summed E-state index contributed by atoms with van der Waals surface area (Å²) < 4.78 is 57.3. The van der Waals surface area contributed by atoms with Crippen LogP contribution in [0.1, 0.15) is 34.6 Å². The van der Waals surface area contributed by atoms with Gasteiger partial charge in [0.15, 0.2) is 36.7 Å². The van der Waals surface area contributed by atoms with Crippen molar-refractivity contribution in [1.29, 1.82) is 0 Å². The minimum atomic E-state index is -2.04. The van der Waals surface area contributed by atoms with Crippen molar-refractivity contribution in [3.63, 3.8) is 0 Å². The number of phenols is 3. The second-order valence-electron chi connectivity index (χ2n) is 14.7. The van der Waals surface area contributed by atoms with Gasteiger partial charge in [0, 0.05) is 38.5 Å². The van der Waals surface area contributed by atoms with Gasteiger partial charge < -0.3 is 87.9 Å². The molecule has 0 amide bonds. The Labute approximate surface area is 345 Å². The van der Waals surface area contributed by atoms with Crippen LogP contribution in [-0.2, 0) is 52.3 Å². The number of ether oxygens (including phenoxy) is 9. The van der Waals surface area contributed by atoms with Crippen LogP contribution in [0.3, 0.4) is 0 Å². The number of hydrogen-bond donors (Lipinski definition) is 8. The number of phenolic OH excluding ortho intramolecular Hbond substituents is 3. The molecule has 8 N–H and O–H groups in total. The van der Waals surface area contributed by atoms with Crippen LogP contribution in [0.15, 0.2) is 45.6 Å². The van der Waals surface area contributed by atoms with Crippen molar-refractivity contribution in [2.75, 3.05) is 6.61 Å². The van der Waals surface area contributed by atoms with Crippen molar-refractivity contribution >= 4 is 28.9 Å². The molecule has 0 saturated carbocycles. The van der Waals surface area contributed by atoms with Crippen LogP contribution in [0, 0.1) is 0 Å². The summed E-state index contributed by atoms with van der Waals surface area (Å²) >= 11 is 0. The Morgan fingerprint density at radius 1 is 0.639 bits per heavy atom. The van der Waals surface area contributed by atoms with Crippen LogP contribution in [0.2, 0.25) is 0 Å². The summed E-state index contributed by atoms with van der Waals surface area (Å²) in [6.45, 7) is 5.34. The molecule has 3 aromatic rings. The molecule has 0 unspecified atom stereocenters. The summed E-state index contributed by atoms with van der Waals surface area (Å²) in [7, 11) is 0. The van der Waals surface area contributed by atoms with Crippen molar-refractivity contribution in [3.8, 4) is 34.3 Å². The van der Waals surface area contributed by atoms with Gasteiger partial charge >= 0.3 is 17.9 Å². The molecule has 0 radical (unpaired) electrons. The van der Waals surface area contributed by atoms with E-state index in [1.165, 1.54) is 38.1 Å². The summed E-state index contributed by atoms with van der Waals surface area (Å²) in [5, 5.41) is 84.8. The van der Waals surface area contributed by atoms with Crippen molar-refractivity contribution in [2.45, 2.75) is 127 Å². The third-order valence-corrected chi connectivity index (χ3v) is 10.1. The van der Waals surface area contributed by atoms with Gasteiger partial charge in [0.1, 0.15) is 70.9 Å². The zero-order chi connectivity index (χ0) is 44.6. The molecule has 15 atom stereocenters. The summed E-state index contributed by atoms with van der Waals surface area (Å²) in [5.74, 6) is -4.75. The van der Waals surface area contributed by atoms with E-state index >= 15 is 0 Å². The van der Waals surface area contributed by atoms with Crippen molar-refractivity contribution in [2.24, 2.45) is 0 Å². The number of rotatable bonds is 11.